The lowest BCUT2D eigenvalue weighted by atomic mass is 9.74. The molecule has 2 N–H and O–H groups in total. The van der Waals surface area contributed by atoms with Gasteiger partial charge in [0.25, 0.3) is 0 Å². The molecule has 0 spiro atoms. The number of thioether (sulfide) groups is 1. The molecule has 0 saturated carbocycles. The SMILES string of the molecule is OC[C@H]1CC[C@@H]2[C@H](O1)c1cc(C(F)(F)F)ccc1N[C@H]2C1C=CSC1. The number of anilines is 1. The van der Waals surface area contributed by atoms with E-state index in [0.717, 1.165) is 24.7 Å². The van der Waals surface area contributed by atoms with Gasteiger partial charge in [0.05, 0.1) is 24.4 Å². The van der Waals surface area contributed by atoms with E-state index in [1.807, 2.05) is 0 Å². The molecule has 0 aromatic heterocycles. The van der Waals surface area contributed by atoms with Crippen molar-refractivity contribution in [3.05, 3.63) is 40.8 Å². The molecular formula is C18H20F3NO2S. The van der Waals surface area contributed by atoms with Gasteiger partial charge in [-0.25, -0.2) is 0 Å². The van der Waals surface area contributed by atoms with Gasteiger partial charge in [0.1, 0.15) is 0 Å². The third kappa shape index (κ3) is 3.17. The van der Waals surface area contributed by atoms with E-state index in [0.29, 0.717) is 17.2 Å². The van der Waals surface area contributed by atoms with Gasteiger partial charge in [0, 0.05) is 34.9 Å². The van der Waals surface area contributed by atoms with Crippen molar-refractivity contribution in [2.75, 3.05) is 17.7 Å². The molecule has 3 aliphatic rings. The van der Waals surface area contributed by atoms with Crippen LogP contribution in [0.1, 0.15) is 30.1 Å². The van der Waals surface area contributed by atoms with Crippen LogP contribution in [-0.2, 0) is 10.9 Å². The van der Waals surface area contributed by atoms with Crippen LogP contribution in [0, 0.1) is 11.8 Å². The van der Waals surface area contributed by atoms with Gasteiger partial charge < -0.3 is 15.2 Å². The first kappa shape index (κ1) is 17.2. The standard InChI is InChI=1S/C18H20F3NO2S/c19-18(20,21)11-1-4-15-14(7-11)17-13(3-2-12(8-23)24-17)16(22-15)10-5-6-25-9-10/h1,4-7,10,12-13,16-17,22-23H,2-3,8-9H2/t10?,12-,13+,16+,17+/m1/s1. The van der Waals surface area contributed by atoms with Crippen molar-refractivity contribution >= 4 is 17.4 Å². The van der Waals surface area contributed by atoms with E-state index in [4.69, 9.17) is 4.74 Å². The van der Waals surface area contributed by atoms with Gasteiger partial charge in [-0.1, -0.05) is 6.08 Å². The molecule has 5 atom stereocenters. The zero-order valence-electron chi connectivity index (χ0n) is 13.5. The Bertz CT molecular complexity index is 679. The van der Waals surface area contributed by atoms with Crippen LogP contribution in [0.2, 0.25) is 0 Å². The number of aliphatic hydroxyl groups excluding tert-OH is 1. The van der Waals surface area contributed by atoms with E-state index in [1.165, 1.54) is 12.1 Å². The number of rotatable bonds is 2. The van der Waals surface area contributed by atoms with E-state index in [1.54, 1.807) is 11.8 Å². The summed E-state index contributed by atoms with van der Waals surface area (Å²) in [5, 5.41) is 15.0. The lowest BCUT2D eigenvalue weighted by Gasteiger charge is -2.47. The monoisotopic (exact) mass is 371 g/mol. The molecule has 136 valence electrons. The van der Waals surface area contributed by atoms with Crippen LogP contribution >= 0.6 is 11.8 Å². The minimum absolute atomic E-state index is 0.102. The first-order valence-corrected chi connectivity index (χ1v) is 9.54. The summed E-state index contributed by atoms with van der Waals surface area (Å²) >= 11 is 1.76. The van der Waals surface area contributed by atoms with E-state index < -0.39 is 17.8 Å². The average molecular weight is 371 g/mol. The van der Waals surface area contributed by atoms with Crippen LogP contribution in [0.3, 0.4) is 0 Å². The molecule has 4 rings (SSSR count). The topological polar surface area (TPSA) is 41.5 Å². The molecule has 3 nitrogen and oxygen atoms in total. The van der Waals surface area contributed by atoms with Crippen LogP contribution in [0.5, 0.6) is 0 Å². The number of aliphatic hydroxyl groups is 1. The van der Waals surface area contributed by atoms with Gasteiger partial charge in [-0.2, -0.15) is 13.2 Å². The summed E-state index contributed by atoms with van der Waals surface area (Å²) in [4.78, 5) is 0. The first-order chi connectivity index (χ1) is 12.0. The molecule has 1 aromatic rings. The predicted molar refractivity (Wildman–Crippen MR) is 91.4 cm³/mol. The fourth-order valence-electron chi connectivity index (χ4n) is 4.13. The molecule has 0 bridgehead atoms. The van der Waals surface area contributed by atoms with E-state index in [2.05, 4.69) is 16.8 Å². The fraction of sp³-hybridized carbons (Fsp3) is 0.556. The molecular weight excluding hydrogens is 351 g/mol. The van der Waals surface area contributed by atoms with Gasteiger partial charge in [-0.05, 0) is 36.4 Å². The first-order valence-electron chi connectivity index (χ1n) is 8.49. The van der Waals surface area contributed by atoms with Crippen molar-refractivity contribution in [2.45, 2.75) is 37.3 Å². The molecule has 0 aliphatic carbocycles. The summed E-state index contributed by atoms with van der Waals surface area (Å²) in [7, 11) is 0. The molecule has 3 heterocycles. The van der Waals surface area contributed by atoms with Crippen molar-refractivity contribution in [1.29, 1.82) is 0 Å². The van der Waals surface area contributed by atoms with Crippen LogP contribution in [0.15, 0.2) is 29.7 Å². The highest BCUT2D eigenvalue weighted by atomic mass is 32.2. The maximum Gasteiger partial charge on any atom is 0.416 e. The van der Waals surface area contributed by atoms with Gasteiger partial charge in [0.15, 0.2) is 0 Å². The number of hydrogen-bond donors (Lipinski definition) is 2. The normalized spacial score (nSPS) is 34.3. The summed E-state index contributed by atoms with van der Waals surface area (Å²) in [6.45, 7) is -0.102. The van der Waals surface area contributed by atoms with E-state index >= 15 is 0 Å². The van der Waals surface area contributed by atoms with Crippen molar-refractivity contribution in [1.82, 2.24) is 0 Å². The summed E-state index contributed by atoms with van der Waals surface area (Å²) in [5.74, 6) is 1.41. The maximum absolute atomic E-state index is 13.1. The Hall–Kier alpha value is -1.18. The minimum Gasteiger partial charge on any atom is -0.394 e. The summed E-state index contributed by atoms with van der Waals surface area (Å²) in [6, 6.07) is 3.98. The van der Waals surface area contributed by atoms with Crippen LogP contribution in [0.4, 0.5) is 18.9 Å². The lowest BCUT2D eigenvalue weighted by molar-refractivity contribution is -0.138. The Morgan fingerprint density at radius 2 is 2.12 bits per heavy atom. The maximum atomic E-state index is 13.1. The molecule has 3 aliphatic heterocycles. The zero-order chi connectivity index (χ0) is 17.6. The third-order valence-corrected chi connectivity index (χ3v) is 6.32. The molecule has 1 saturated heterocycles. The largest absolute Gasteiger partial charge is 0.416 e. The quantitative estimate of drug-likeness (QED) is 0.817. The molecule has 25 heavy (non-hydrogen) atoms. The van der Waals surface area contributed by atoms with E-state index in [9.17, 15) is 18.3 Å². The number of alkyl halides is 3. The second kappa shape index (κ2) is 6.52. The smallest absolute Gasteiger partial charge is 0.394 e. The average Bonchev–Trinajstić information content (AvgIpc) is 3.13. The summed E-state index contributed by atoms with van der Waals surface area (Å²) in [5.41, 5.74) is 0.614. The van der Waals surface area contributed by atoms with Gasteiger partial charge in [-0.3, -0.25) is 0 Å². The predicted octanol–water partition coefficient (Wildman–Crippen LogP) is 4.20. The van der Waals surface area contributed by atoms with E-state index in [-0.39, 0.29) is 24.7 Å². The Morgan fingerprint density at radius 3 is 2.80 bits per heavy atom. The van der Waals surface area contributed by atoms with Gasteiger partial charge in [-0.15, -0.1) is 11.8 Å². The van der Waals surface area contributed by atoms with Gasteiger partial charge in [0.2, 0.25) is 0 Å². The summed E-state index contributed by atoms with van der Waals surface area (Å²) < 4.78 is 45.4. The van der Waals surface area contributed by atoms with Crippen molar-refractivity contribution in [2.24, 2.45) is 11.8 Å². The van der Waals surface area contributed by atoms with Crippen molar-refractivity contribution in [3.8, 4) is 0 Å². The zero-order valence-corrected chi connectivity index (χ0v) is 14.3. The molecule has 1 aromatic carbocycles. The number of fused-ring (bicyclic) bond motifs is 3. The van der Waals surface area contributed by atoms with Crippen molar-refractivity contribution in [3.63, 3.8) is 0 Å². The Labute approximate surface area is 148 Å². The van der Waals surface area contributed by atoms with Crippen LogP contribution < -0.4 is 5.32 Å². The number of nitrogens with one attached hydrogen (secondary N) is 1. The highest BCUT2D eigenvalue weighted by Crippen LogP contribution is 2.49. The Morgan fingerprint density at radius 1 is 1.28 bits per heavy atom. The highest BCUT2D eigenvalue weighted by molar-refractivity contribution is 8.02. The third-order valence-electron chi connectivity index (χ3n) is 5.39. The number of ether oxygens (including phenoxy) is 1. The molecule has 1 unspecified atom stereocenters. The molecule has 7 heteroatoms. The lowest BCUT2D eigenvalue weighted by Crippen LogP contribution is -2.47. The summed E-state index contributed by atoms with van der Waals surface area (Å²) in [6.07, 6.45) is -1.36. The Kier molecular flexibility index (Phi) is 4.50. The molecule has 0 radical (unpaired) electrons. The Balaban J connectivity index is 1.73. The van der Waals surface area contributed by atoms with Crippen LogP contribution in [-0.4, -0.2) is 29.6 Å². The number of benzene rings is 1. The van der Waals surface area contributed by atoms with Crippen LogP contribution in [0.25, 0.3) is 0 Å². The fourth-order valence-corrected chi connectivity index (χ4v) is 5.10. The molecule has 0 amide bonds. The minimum atomic E-state index is -4.38. The van der Waals surface area contributed by atoms with Crippen molar-refractivity contribution < 1.29 is 23.0 Å². The highest BCUT2D eigenvalue weighted by Gasteiger charge is 2.45. The molecule has 1 fully saturated rings. The van der Waals surface area contributed by atoms with Gasteiger partial charge >= 0.3 is 6.18 Å². The number of halogens is 3. The second-order valence-electron chi connectivity index (χ2n) is 6.90. The number of hydrogen-bond acceptors (Lipinski definition) is 4. The second-order valence-corrected chi connectivity index (χ2v) is 7.84.